The predicted molar refractivity (Wildman–Crippen MR) is 127 cm³/mol. The van der Waals surface area contributed by atoms with Crippen LogP contribution < -0.4 is 15.4 Å². The van der Waals surface area contributed by atoms with E-state index in [1.165, 1.54) is 12.8 Å². The zero-order valence-corrected chi connectivity index (χ0v) is 18.6. The van der Waals surface area contributed by atoms with Gasteiger partial charge in [0, 0.05) is 24.8 Å². The molecule has 3 aliphatic rings. The number of pyridine rings is 1. The SMILES string of the molecule is CCOc1ccc(C(=O)N2CCC3(CC2)Nc2cccnc2NC3=NC2CCCC2)cc1. The van der Waals surface area contributed by atoms with Gasteiger partial charge in [0.15, 0.2) is 5.82 Å². The van der Waals surface area contributed by atoms with Gasteiger partial charge in [0.2, 0.25) is 0 Å². The van der Waals surface area contributed by atoms with Gasteiger partial charge in [0.25, 0.3) is 5.91 Å². The molecule has 32 heavy (non-hydrogen) atoms. The van der Waals surface area contributed by atoms with E-state index in [2.05, 4.69) is 21.7 Å². The molecular weight excluding hydrogens is 402 g/mol. The lowest BCUT2D eigenvalue weighted by Crippen LogP contribution is -2.59. The van der Waals surface area contributed by atoms with Crippen LogP contribution in [-0.4, -0.2) is 52.9 Å². The number of nitrogens with one attached hydrogen (secondary N) is 2. The number of aliphatic imine (C=N–C) groups is 1. The fraction of sp³-hybridized carbons (Fsp3) is 0.480. The molecule has 1 aromatic carbocycles. The molecule has 1 saturated heterocycles. The molecule has 1 amide bonds. The quantitative estimate of drug-likeness (QED) is 0.750. The highest BCUT2D eigenvalue weighted by molar-refractivity contribution is 6.09. The molecule has 3 heterocycles. The molecule has 1 saturated carbocycles. The van der Waals surface area contributed by atoms with Crippen LogP contribution in [0.15, 0.2) is 47.6 Å². The molecule has 5 rings (SSSR count). The number of nitrogens with zero attached hydrogens (tertiary/aromatic N) is 3. The van der Waals surface area contributed by atoms with Crippen LogP contribution in [0, 0.1) is 0 Å². The van der Waals surface area contributed by atoms with Crippen molar-refractivity contribution in [3.05, 3.63) is 48.2 Å². The normalized spacial score (nSPS) is 21.2. The van der Waals surface area contributed by atoms with E-state index >= 15 is 0 Å². The third-order valence-corrected chi connectivity index (χ3v) is 6.82. The number of ether oxygens (including phenoxy) is 1. The van der Waals surface area contributed by atoms with Crippen molar-refractivity contribution < 1.29 is 9.53 Å². The number of amidine groups is 1. The van der Waals surface area contributed by atoms with Crippen molar-refractivity contribution in [2.24, 2.45) is 4.99 Å². The number of hydrogen-bond donors (Lipinski definition) is 2. The number of rotatable bonds is 4. The molecule has 0 atom stereocenters. The third kappa shape index (κ3) is 4.04. The largest absolute Gasteiger partial charge is 0.494 e. The first-order valence-corrected chi connectivity index (χ1v) is 11.8. The molecule has 2 fully saturated rings. The molecule has 2 aromatic rings. The van der Waals surface area contributed by atoms with Crippen molar-refractivity contribution in [3.63, 3.8) is 0 Å². The van der Waals surface area contributed by atoms with E-state index in [0.717, 1.165) is 48.8 Å². The van der Waals surface area contributed by atoms with Gasteiger partial charge in [-0.15, -0.1) is 0 Å². The van der Waals surface area contributed by atoms with Crippen molar-refractivity contribution in [2.45, 2.75) is 57.0 Å². The standard InChI is InChI=1S/C25H31N5O2/c1-2-32-20-11-9-18(10-12-20)23(31)30-16-13-25(14-17-30)24(27-19-6-3-4-7-19)28-22-21(29-25)8-5-15-26-22/h5,8-12,15,19,29H,2-4,6-7,13-14,16-17H2,1H3,(H,26,27,28). The summed E-state index contributed by atoms with van der Waals surface area (Å²) in [6, 6.07) is 11.8. The Morgan fingerprint density at radius 3 is 2.66 bits per heavy atom. The molecule has 1 spiro atoms. The number of anilines is 2. The van der Waals surface area contributed by atoms with Crippen LogP contribution >= 0.6 is 0 Å². The highest BCUT2D eigenvalue weighted by atomic mass is 16.5. The topological polar surface area (TPSA) is 78.8 Å². The van der Waals surface area contributed by atoms with Gasteiger partial charge in [0.05, 0.1) is 23.9 Å². The molecule has 1 aliphatic carbocycles. The van der Waals surface area contributed by atoms with Gasteiger partial charge in [-0.2, -0.15) is 0 Å². The van der Waals surface area contributed by atoms with Crippen LogP contribution in [0.3, 0.4) is 0 Å². The van der Waals surface area contributed by atoms with Crippen LogP contribution in [0.5, 0.6) is 5.75 Å². The minimum absolute atomic E-state index is 0.0722. The second kappa shape index (κ2) is 8.81. The van der Waals surface area contributed by atoms with Crippen molar-refractivity contribution in [1.29, 1.82) is 0 Å². The van der Waals surface area contributed by atoms with Crippen LogP contribution in [0.25, 0.3) is 0 Å². The molecule has 7 nitrogen and oxygen atoms in total. The van der Waals surface area contributed by atoms with Gasteiger partial charge in [-0.1, -0.05) is 12.8 Å². The summed E-state index contributed by atoms with van der Waals surface area (Å²) in [5.74, 6) is 2.69. The Morgan fingerprint density at radius 2 is 1.94 bits per heavy atom. The zero-order valence-electron chi connectivity index (χ0n) is 18.6. The van der Waals surface area contributed by atoms with E-state index in [-0.39, 0.29) is 11.4 Å². The van der Waals surface area contributed by atoms with Gasteiger partial charge in [-0.3, -0.25) is 9.79 Å². The van der Waals surface area contributed by atoms with E-state index < -0.39 is 0 Å². The minimum Gasteiger partial charge on any atom is -0.494 e. The van der Waals surface area contributed by atoms with E-state index in [4.69, 9.17) is 9.73 Å². The first kappa shape index (κ1) is 20.8. The molecule has 0 radical (unpaired) electrons. The predicted octanol–water partition coefficient (Wildman–Crippen LogP) is 4.33. The number of fused-ring (bicyclic) bond motifs is 1. The van der Waals surface area contributed by atoms with E-state index in [9.17, 15) is 4.79 Å². The molecule has 2 N–H and O–H groups in total. The summed E-state index contributed by atoms with van der Waals surface area (Å²) in [7, 11) is 0. The van der Waals surface area contributed by atoms with E-state index in [0.29, 0.717) is 31.3 Å². The van der Waals surface area contributed by atoms with Gasteiger partial charge < -0.3 is 20.3 Å². The minimum atomic E-state index is -0.284. The van der Waals surface area contributed by atoms with Gasteiger partial charge in [-0.25, -0.2) is 4.98 Å². The van der Waals surface area contributed by atoms with Crippen LogP contribution in [-0.2, 0) is 0 Å². The number of benzene rings is 1. The Kier molecular flexibility index (Phi) is 5.72. The fourth-order valence-corrected chi connectivity index (χ4v) is 5.02. The molecule has 7 heteroatoms. The number of amides is 1. The zero-order chi connectivity index (χ0) is 22.0. The average molecular weight is 434 g/mol. The molecule has 1 aromatic heterocycles. The average Bonchev–Trinajstić information content (AvgIpc) is 3.34. The number of likely N-dealkylation sites (tertiary alicyclic amines) is 1. The Morgan fingerprint density at radius 1 is 1.19 bits per heavy atom. The van der Waals surface area contributed by atoms with Crippen molar-refractivity contribution in [1.82, 2.24) is 9.88 Å². The monoisotopic (exact) mass is 433 g/mol. The van der Waals surface area contributed by atoms with E-state index in [1.54, 1.807) is 6.20 Å². The maximum atomic E-state index is 13.1. The highest BCUT2D eigenvalue weighted by Gasteiger charge is 2.44. The summed E-state index contributed by atoms with van der Waals surface area (Å²) in [5, 5.41) is 7.28. The molecular formula is C25H31N5O2. The maximum Gasteiger partial charge on any atom is 0.253 e. The molecule has 2 aliphatic heterocycles. The van der Waals surface area contributed by atoms with Crippen molar-refractivity contribution in [3.8, 4) is 5.75 Å². The summed E-state index contributed by atoms with van der Waals surface area (Å²) in [5.41, 5.74) is 1.42. The second-order valence-electron chi connectivity index (χ2n) is 8.90. The Labute approximate surface area is 189 Å². The summed E-state index contributed by atoms with van der Waals surface area (Å²) in [4.78, 5) is 24.7. The third-order valence-electron chi connectivity index (χ3n) is 6.82. The number of piperidine rings is 1. The number of carbonyl (C=O) groups is 1. The summed E-state index contributed by atoms with van der Waals surface area (Å²) in [6.07, 6.45) is 8.22. The Bertz CT molecular complexity index is 990. The van der Waals surface area contributed by atoms with Crippen LogP contribution in [0.4, 0.5) is 11.5 Å². The van der Waals surface area contributed by atoms with Crippen molar-refractivity contribution in [2.75, 3.05) is 30.3 Å². The number of carbonyl (C=O) groups excluding carboxylic acids is 1. The lowest BCUT2D eigenvalue weighted by Gasteiger charge is -2.46. The van der Waals surface area contributed by atoms with Gasteiger partial charge >= 0.3 is 0 Å². The second-order valence-corrected chi connectivity index (χ2v) is 8.90. The first-order valence-electron chi connectivity index (χ1n) is 11.8. The summed E-state index contributed by atoms with van der Waals surface area (Å²) < 4.78 is 5.50. The smallest absolute Gasteiger partial charge is 0.253 e. The fourth-order valence-electron chi connectivity index (χ4n) is 5.02. The highest BCUT2D eigenvalue weighted by Crippen LogP contribution is 2.37. The van der Waals surface area contributed by atoms with Gasteiger partial charge in [-0.05, 0) is 69.0 Å². The van der Waals surface area contributed by atoms with E-state index in [1.807, 2.05) is 42.2 Å². The Balaban J connectivity index is 1.34. The lowest BCUT2D eigenvalue weighted by molar-refractivity contribution is 0.0705. The van der Waals surface area contributed by atoms with Crippen LogP contribution in [0.2, 0.25) is 0 Å². The van der Waals surface area contributed by atoms with Crippen LogP contribution in [0.1, 0.15) is 55.8 Å². The molecule has 168 valence electrons. The molecule has 0 unspecified atom stereocenters. The number of hydrogen-bond acceptors (Lipinski definition) is 5. The maximum absolute atomic E-state index is 13.1. The molecule has 0 bridgehead atoms. The summed E-state index contributed by atoms with van der Waals surface area (Å²) in [6.45, 7) is 3.93. The Hall–Kier alpha value is -3.09. The first-order chi connectivity index (χ1) is 15.7. The van der Waals surface area contributed by atoms with Gasteiger partial charge in [0.1, 0.15) is 11.6 Å². The lowest BCUT2D eigenvalue weighted by atomic mass is 9.83. The summed E-state index contributed by atoms with van der Waals surface area (Å²) >= 11 is 0. The van der Waals surface area contributed by atoms with Crippen molar-refractivity contribution >= 4 is 23.2 Å². The number of aromatic nitrogens is 1.